The van der Waals surface area contributed by atoms with E-state index in [0.29, 0.717) is 24.1 Å². The highest BCUT2D eigenvalue weighted by Gasteiger charge is 2.20. The Balaban J connectivity index is 1.99. The topological polar surface area (TPSA) is 64.3 Å². The quantitative estimate of drug-likeness (QED) is 0.819. The van der Waals surface area contributed by atoms with Crippen LogP contribution < -0.4 is 10.5 Å². The Bertz CT molecular complexity index is 426. The van der Waals surface area contributed by atoms with Crippen molar-refractivity contribution in [2.24, 2.45) is 5.73 Å². The molecule has 1 fully saturated rings. The molecule has 0 radical (unpaired) electrons. The fraction of sp³-hybridized carbons (Fsp3) is 0.583. The van der Waals surface area contributed by atoms with Gasteiger partial charge in [-0.2, -0.15) is 5.10 Å². The molecule has 0 aliphatic carbocycles. The lowest BCUT2D eigenvalue weighted by Gasteiger charge is -2.32. The van der Waals surface area contributed by atoms with E-state index in [2.05, 4.69) is 22.1 Å². The van der Waals surface area contributed by atoms with E-state index in [1.54, 1.807) is 12.3 Å². The van der Waals surface area contributed by atoms with Gasteiger partial charge in [-0.1, -0.05) is 18.6 Å². The number of hydrogen-bond acceptors (Lipinski definition) is 5. The molecule has 0 amide bonds. The summed E-state index contributed by atoms with van der Waals surface area (Å²) in [4.78, 5) is 2.61. The summed E-state index contributed by atoms with van der Waals surface area (Å²) in [6, 6.07) is 2.16. The van der Waals surface area contributed by atoms with Crippen molar-refractivity contribution < 1.29 is 4.74 Å². The van der Waals surface area contributed by atoms with Gasteiger partial charge >= 0.3 is 0 Å². The number of likely N-dealkylation sites (N-methyl/N-ethyl adjacent to an activating group) is 1. The van der Waals surface area contributed by atoms with Gasteiger partial charge in [-0.3, -0.25) is 0 Å². The molecule has 1 aromatic heterocycles. The zero-order valence-corrected chi connectivity index (χ0v) is 11.3. The second kappa shape index (κ2) is 6.06. The van der Waals surface area contributed by atoms with Crippen LogP contribution in [0.3, 0.4) is 0 Å². The van der Waals surface area contributed by atoms with E-state index in [4.69, 9.17) is 22.7 Å². The van der Waals surface area contributed by atoms with Crippen molar-refractivity contribution in [3.63, 3.8) is 0 Å². The first-order valence-electron chi connectivity index (χ1n) is 6.13. The van der Waals surface area contributed by atoms with E-state index in [-0.39, 0.29) is 4.99 Å². The Morgan fingerprint density at radius 3 is 3.17 bits per heavy atom. The predicted molar refractivity (Wildman–Crippen MR) is 73.7 cm³/mol. The highest BCUT2D eigenvalue weighted by Crippen LogP contribution is 2.18. The first-order chi connectivity index (χ1) is 8.68. The minimum atomic E-state index is 0.289. The first-order valence-corrected chi connectivity index (χ1v) is 6.54. The summed E-state index contributed by atoms with van der Waals surface area (Å²) in [5.41, 5.74) is 6.28. The standard InChI is InChI=1S/C12H18N4OS/c1-16-7-3-2-4-9(16)8-17-12-10(11(13)18)5-6-14-15-12/h5-6,9H,2-4,7-8H2,1H3,(H2,13,18). The van der Waals surface area contributed by atoms with Crippen LogP contribution in [0.4, 0.5) is 0 Å². The van der Waals surface area contributed by atoms with Crippen molar-refractivity contribution in [2.45, 2.75) is 25.3 Å². The molecule has 0 spiro atoms. The lowest BCUT2D eigenvalue weighted by atomic mass is 10.0. The summed E-state index contributed by atoms with van der Waals surface area (Å²) >= 11 is 4.96. The molecule has 1 aliphatic heterocycles. The van der Waals surface area contributed by atoms with Gasteiger partial charge in [0.05, 0.1) is 11.8 Å². The minimum absolute atomic E-state index is 0.289. The van der Waals surface area contributed by atoms with Crippen LogP contribution >= 0.6 is 12.2 Å². The summed E-state index contributed by atoms with van der Waals surface area (Å²) in [6.07, 6.45) is 5.23. The lowest BCUT2D eigenvalue weighted by molar-refractivity contribution is 0.122. The average Bonchev–Trinajstić information content (AvgIpc) is 2.38. The van der Waals surface area contributed by atoms with Crippen LogP contribution in [0, 0.1) is 0 Å². The highest BCUT2D eigenvalue weighted by molar-refractivity contribution is 7.80. The molecular weight excluding hydrogens is 248 g/mol. The van der Waals surface area contributed by atoms with Crippen molar-refractivity contribution in [3.05, 3.63) is 17.8 Å². The molecule has 2 rings (SSSR count). The molecule has 1 aliphatic rings. The largest absolute Gasteiger partial charge is 0.474 e. The Kier molecular flexibility index (Phi) is 4.43. The highest BCUT2D eigenvalue weighted by atomic mass is 32.1. The Hall–Kier alpha value is -1.27. The van der Waals surface area contributed by atoms with Crippen LogP contribution in [0.1, 0.15) is 24.8 Å². The fourth-order valence-electron chi connectivity index (χ4n) is 2.14. The number of aromatic nitrogens is 2. The van der Waals surface area contributed by atoms with Gasteiger partial charge < -0.3 is 15.4 Å². The smallest absolute Gasteiger partial charge is 0.243 e. The molecule has 5 nitrogen and oxygen atoms in total. The molecular formula is C12H18N4OS. The first kappa shape index (κ1) is 13.2. The zero-order chi connectivity index (χ0) is 13.0. The molecule has 98 valence electrons. The fourth-order valence-corrected chi connectivity index (χ4v) is 2.30. The molecule has 2 N–H and O–H groups in total. The summed E-state index contributed by atoms with van der Waals surface area (Å²) in [7, 11) is 2.12. The maximum absolute atomic E-state index is 5.73. The Labute approximate surface area is 112 Å². The van der Waals surface area contributed by atoms with Gasteiger partial charge in [0, 0.05) is 6.04 Å². The molecule has 1 atom stereocenters. The summed E-state index contributed by atoms with van der Waals surface area (Å²) in [5.74, 6) is 0.434. The SMILES string of the molecule is CN1CCCCC1COc1nnccc1C(N)=S. The third-order valence-electron chi connectivity index (χ3n) is 3.29. The number of ether oxygens (including phenoxy) is 1. The molecule has 18 heavy (non-hydrogen) atoms. The van der Waals surface area contributed by atoms with Crippen molar-refractivity contribution in [2.75, 3.05) is 20.2 Å². The van der Waals surface area contributed by atoms with Crippen LogP contribution in [-0.4, -0.2) is 46.3 Å². The average molecular weight is 266 g/mol. The summed E-state index contributed by atoms with van der Waals surface area (Å²) in [5, 5.41) is 7.76. The van der Waals surface area contributed by atoms with Gasteiger partial charge in [0.25, 0.3) is 0 Å². The number of likely N-dealkylation sites (tertiary alicyclic amines) is 1. The number of nitrogens with zero attached hydrogens (tertiary/aromatic N) is 3. The maximum Gasteiger partial charge on any atom is 0.243 e. The number of thiocarbonyl (C=S) groups is 1. The molecule has 0 aromatic carbocycles. The third kappa shape index (κ3) is 3.14. The van der Waals surface area contributed by atoms with Crippen molar-refractivity contribution in [1.29, 1.82) is 0 Å². The monoisotopic (exact) mass is 266 g/mol. The van der Waals surface area contributed by atoms with Crippen LogP contribution in [0.5, 0.6) is 5.88 Å². The van der Waals surface area contributed by atoms with E-state index in [9.17, 15) is 0 Å². The van der Waals surface area contributed by atoms with Gasteiger partial charge in [0.15, 0.2) is 0 Å². The zero-order valence-electron chi connectivity index (χ0n) is 10.5. The molecule has 2 heterocycles. The third-order valence-corrected chi connectivity index (χ3v) is 3.51. The van der Waals surface area contributed by atoms with Crippen molar-refractivity contribution in [1.82, 2.24) is 15.1 Å². The molecule has 1 saturated heterocycles. The molecule has 1 unspecified atom stereocenters. The van der Waals surface area contributed by atoms with Crippen LogP contribution in [-0.2, 0) is 0 Å². The number of hydrogen-bond donors (Lipinski definition) is 1. The van der Waals surface area contributed by atoms with E-state index < -0.39 is 0 Å². The normalized spacial score (nSPS) is 20.6. The lowest BCUT2D eigenvalue weighted by Crippen LogP contribution is -2.40. The molecule has 0 bridgehead atoms. The van der Waals surface area contributed by atoms with Crippen molar-refractivity contribution >= 4 is 17.2 Å². The second-order valence-corrected chi connectivity index (χ2v) is 5.00. The van der Waals surface area contributed by atoms with Gasteiger partial charge in [0.2, 0.25) is 5.88 Å². The number of rotatable bonds is 4. The summed E-state index contributed by atoms with van der Waals surface area (Å²) in [6.45, 7) is 1.72. The van der Waals surface area contributed by atoms with Crippen LogP contribution in [0.15, 0.2) is 12.3 Å². The maximum atomic E-state index is 5.73. The van der Waals surface area contributed by atoms with E-state index >= 15 is 0 Å². The van der Waals surface area contributed by atoms with E-state index in [1.807, 2.05) is 0 Å². The van der Waals surface area contributed by atoms with Crippen LogP contribution in [0.2, 0.25) is 0 Å². The van der Waals surface area contributed by atoms with Gasteiger partial charge in [-0.15, -0.1) is 5.10 Å². The van der Waals surface area contributed by atoms with E-state index in [1.165, 1.54) is 12.8 Å². The molecule has 0 saturated carbocycles. The van der Waals surface area contributed by atoms with Gasteiger partial charge in [-0.05, 0) is 32.5 Å². The van der Waals surface area contributed by atoms with Gasteiger partial charge in [-0.25, -0.2) is 0 Å². The number of piperidine rings is 1. The molecule has 6 heteroatoms. The van der Waals surface area contributed by atoms with E-state index in [0.717, 1.165) is 13.0 Å². The molecule has 1 aromatic rings. The number of nitrogens with two attached hydrogens (primary N) is 1. The minimum Gasteiger partial charge on any atom is -0.474 e. The Morgan fingerprint density at radius 2 is 2.44 bits per heavy atom. The second-order valence-electron chi connectivity index (χ2n) is 4.56. The Morgan fingerprint density at radius 1 is 1.61 bits per heavy atom. The van der Waals surface area contributed by atoms with Gasteiger partial charge in [0.1, 0.15) is 11.6 Å². The van der Waals surface area contributed by atoms with Crippen molar-refractivity contribution in [3.8, 4) is 5.88 Å². The predicted octanol–water partition coefficient (Wildman–Crippen LogP) is 0.974. The van der Waals surface area contributed by atoms with Crippen LogP contribution in [0.25, 0.3) is 0 Å². The summed E-state index contributed by atoms with van der Waals surface area (Å²) < 4.78 is 5.73.